The number of benzene rings is 1. The van der Waals surface area contributed by atoms with E-state index in [4.69, 9.17) is 4.42 Å². The third-order valence-corrected chi connectivity index (χ3v) is 6.92. The second-order valence-electron chi connectivity index (χ2n) is 9.06. The minimum atomic E-state index is -0.487. The van der Waals surface area contributed by atoms with Crippen LogP contribution in [0.25, 0.3) is 0 Å². The van der Waals surface area contributed by atoms with E-state index in [2.05, 4.69) is 45.2 Å². The van der Waals surface area contributed by atoms with Crippen molar-refractivity contribution in [2.24, 2.45) is 7.05 Å². The van der Waals surface area contributed by atoms with Crippen molar-refractivity contribution in [1.82, 2.24) is 19.6 Å². The summed E-state index contributed by atoms with van der Waals surface area (Å²) in [5.41, 5.74) is 1.66. The second-order valence-corrected chi connectivity index (χ2v) is 9.06. The lowest BCUT2D eigenvalue weighted by atomic mass is 9.81. The molecular formula is C25H31N5O2. The molecule has 1 aromatic carbocycles. The van der Waals surface area contributed by atoms with Crippen molar-refractivity contribution in [3.63, 3.8) is 0 Å². The summed E-state index contributed by atoms with van der Waals surface area (Å²) in [4.78, 5) is 20.8. The lowest BCUT2D eigenvalue weighted by Gasteiger charge is -2.52. The second kappa shape index (κ2) is 8.56. The normalized spacial score (nSPS) is 19.7. The van der Waals surface area contributed by atoms with Crippen molar-refractivity contribution in [1.29, 1.82) is 0 Å². The van der Waals surface area contributed by atoms with Gasteiger partial charge in [-0.3, -0.25) is 19.3 Å². The SMILES string of the molecule is Cc1ccc(CN2CCC3(CC2)C(=O)N(c2cnn(C)c2)CCN3Cc2ccccc2)o1. The van der Waals surface area contributed by atoms with E-state index in [1.54, 1.807) is 10.9 Å². The predicted molar refractivity (Wildman–Crippen MR) is 123 cm³/mol. The molecule has 4 heterocycles. The number of carbonyl (C=O) groups is 1. The smallest absolute Gasteiger partial charge is 0.247 e. The highest BCUT2D eigenvalue weighted by Crippen LogP contribution is 2.37. The Morgan fingerprint density at radius 2 is 1.78 bits per heavy atom. The molecule has 0 saturated carbocycles. The van der Waals surface area contributed by atoms with E-state index in [9.17, 15) is 4.79 Å². The average Bonchev–Trinajstić information content (AvgIpc) is 3.41. The number of likely N-dealkylation sites (tertiary alicyclic amines) is 1. The first-order chi connectivity index (χ1) is 15.5. The first-order valence-electron chi connectivity index (χ1n) is 11.4. The van der Waals surface area contributed by atoms with Crippen LogP contribution in [0.5, 0.6) is 0 Å². The first kappa shape index (κ1) is 21.0. The maximum atomic E-state index is 14.0. The molecular weight excluding hydrogens is 402 g/mol. The lowest BCUT2D eigenvalue weighted by Crippen LogP contribution is -2.68. The van der Waals surface area contributed by atoms with E-state index >= 15 is 0 Å². The number of hydrogen-bond acceptors (Lipinski definition) is 5. The largest absolute Gasteiger partial charge is 0.465 e. The minimum absolute atomic E-state index is 0.209. The fourth-order valence-electron chi connectivity index (χ4n) is 5.15. The molecule has 3 aromatic rings. The number of amides is 1. The Kier molecular flexibility index (Phi) is 5.61. The van der Waals surface area contributed by atoms with Crippen LogP contribution in [-0.2, 0) is 24.9 Å². The van der Waals surface area contributed by atoms with Crippen LogP contribution >= 0.6 is 0 Å². The topological polar surface area (TPSA) is 57.8 Å². The fourth-order valence-corrected chi connectivity index (χ4v) is 5.15. The number of aromatic nitrogens is 2. The summed E-state index contributed by atoms with van der Waals surface area (Å²) in [6.45, 7) is 6.86. The molecule has 0 aliphatic carbocycles. The molecule has 2 aliphatic heterocycles. The van der Waals surface area contributed by atoms with Crippen molar-refractivity contribution in [3.05, 3.63) is 71.9 Å². The van der Waals surface area contributed by atoms with Crippen molar-refractivity contribution in [2.75, 3.05) is 31.1 Å². The van der Waals surface area contributed by atoms with Gasteiger partial charge in [0.2, 0.25) is 5.91 Å². The summed E-state index contributed by atoms with van der Waals surface area (Å²) in [5.74, 6) is 2.14. The average molecular weight is 434 g/mol. The zero-order chi connectivity index (χ0) is 22.1. The summed E-state index contributed by atoms with van der Waals surface area (Å²) >= 11 is 0. The van der Waals surface area contributed by atoms with Gasteiger partial charge in [-0.2, -0.15) is 5.10 Å². The molecule has 2 saturated heterocycles. The third kappa shape index (κ3) is 3.98. The molecule has 5 rings (SSSR count). The molecule has 32 heavy (non-hydrogen) atoms. The van der Waals surface area contributed by atoms with Gasteiger partial charge in [-0.15, -0.1) is 0 Å². The van der Waals surface area contributed by atoms with Crippen LogP contribution in [0.15, 0.2) is 59.3 Å². The van der Waals surface area contributed by atoms with Crippen molar-refractivity contribution in [2.45, 2.75) is 38.4 Å². The van der Waals surface area contributed by atoms with Crippen LogP contribution in [0.4, 0.5) is 5.69 Å². The van der Waals surface area contributed by atoms with Crippen molar-refractivity contribution < 1.29 is 9.21 Å². The Balaban J connectivity index is 1.38. The molecule has 1 amide bonds. The van der Waals surface area contributed by atoms with Gasteiger partial charge in [0.05, 0.1) is 18.4 Å². The molecule has 0 atom stereocenters. The third-order valence-electron chi connectivity index (χ3n) is 6.92. The van der Waals surface area contributed by atoms with E-state index in [1.807, 2.05) is 37.2 Å². The molecule has 7 nitrogen and oxygen atoms in total. The summed E-state index contributed by atoms with van der Waals surface area (Å²) in [7, 11) is 1.89. The molecule has 0 radical (unpaired) electrons. The lowest BCUT2D eigenvalue weighted by molar-refractivity contribution is -0.138. The number of nitrogens with zero attached hydrogens (tertiary/aromatic N) is 5. The summed E-state index contributed by atoms with van der Waals surface area (Å²) < 4.78 is 7.55. The first-order valence-corrected chi connectivity index (χ1v) is 11.4. The monoisotopic (exact) mass is 433 g/mol. The van der Waals surface area contributed by atoms with Crippen LogP contribution in [0, 0.1) is 6.92 Å². The Hall–Kier alpha value is -2.90. The van der Waals surface area contributed by atoms with Gasteiger partial charge in [-0.25, -0.2) is 0 Å². The number of anilines is 1. The van der Waals surface area contributed by atoms with Crippen molar-refractivity contribution >= 4 is 11.6 Å². The maximum Gasteiger partial charge on any atom is 0.247 e. The maximum absolute atomic E-state index is 14.0. The molecule has 7 heteroatoms. The number of furan rings is 1. The molecule has 0 bridgehead atoms. The highest BCUT2D eigenvalue weighted by molar-refractivity contribution is 6.01. The van der Waals surface area contributed by atoms with E-state index in [1.165, 1.54) is 5.56 Å². The number of hydrogen-bond donors (Lipinski definition) is 0. The zero-order valence-corrected chi connectivity index (χ0v) is 18.9. The Morgan fingerprint density at radius 1 is 1.00 bits per heavy atom. The summed E-state index contributed by atoms with van der Waals surface area (Å²) in [6.07, 6.45) is 5.36. The van der Waals surface area contributed by atoms with Crippen LogP contribution in [0.2, 0.25) is 0 Å². The van der Waals surface area contributed by atoms with Gasteiger partial charge in [-0.1, -0.05) is 30.3 Å². The highest BCUT2D eigenvalue weighted by atomic mass is 16.3. The van der Waals surface area contributed by atoms with Crippen LogP contribution in [0.3, 0.4) is 0 Å². The van der Waals surface area contributed by atoms with Gasteiger partial charge in [0.1, 0.15) is 17.1 Å². The van der Waals surface area contributed by atoms with Crippen LogP contribution in [0.1, 0.15) is 29.9 Å². The number of piperazine rings is 1. The zero-order valence-electron chi connectivity index (χ0n) is 18.9. The van der Waals surface area contributed by atoms with Gasteiger partial charge in [0, 0.05) is 46.0 Å². The quantitative estimate of drug-likeness (QED) is 0.619. The van der Waals surface area contributed by atoms with E-state index in [0.717, 1.165) is 62.8 Å². The fraction of sp³-hybridized carbons (Fsp3) is 0.440. The Labute approximate surface area is 189 Å². The van der Waals surface area contributed by atoms with Crippen LogP contribution < -0.4 is 4.90 Å². The van der Waals surface area contributed by atoms with E-state index < -0.39 is 5.54 Å². The molecule has 0 N–H and O–H groups in total. The van der Waals surface area contributed by atoms with Gasteiger partial charge < -0.3 is 9.32 Å². The molecule has 2 aliphatic rings. The molecule has 2 fully saturated rings. The summed E-state index contributed by atoms with van der Waals surface area (Å²) in [5, 5.41) is 4.30. The van der Waals surface area contributed by atoms with Gasteiger partial charge in [0.25, 0.3) is 0 Å². The van der Waals surface area contributed by atoms with E-state index in [-0.39, 0.29) is 5.91 Å². The van der Waals surface area contributed by atoms with Gasteiger partial charge in [0.15, 0.2) is 0 Å². The Morgan fingerprint density at radius 3 is 2.44 bits per heavy atom. The number of aryl methyl sites for hydroxylation is 2. The standard InChI is InChI=1S/C25H31N5O2/c1-20-8-9-23(32-20)19-28-12-10-25(11-13-28)24(31)30(22-16-26-27(2)18-22)15-14-29(25)17-21-6-4-3-5-7-21/h3-9,16,18H,10-15,17,19H2,1-2H3. The predicted octanol–water partition coefficient (Wildman–Crippen LogP) is 3.21. The van der Waals surface area contributed by atoms with Crippen LogP contribution in [-0.4, -0.2) is 57.2 Å². The van der Waals surface area contributed by atoms with Crippen molar-refractivity contribution in [3.8, 4) is 0 Å². The molecule has 1 spiro atoms. The summed E-state index contributed by atoms with van der Waals surface area (Å²) in [6, 6.07) is 14.6. The number of rotatable bonds is 5. The van der Waals surface area contributed by atoms with Gasteiger partial charge >= 0.3 is 0 Å². The molecule has 168 valence electrons. The number of piperidine rings is 1. The minimum Gasteiger partial charge on any atom is -0.465 e. The molecule has 2 aromatic heterocycles. The number of carbonyl (C=O) groups excluding carboxylic acids is 1. The molecule has 0 unspecified atom stereocenters. The van der Waals surface area contributed by atoms with Gasteiger partial charge in [-0.05, 0) is 37.5 Å². The Bertz CT molecular complexity index is 1060. The highest BCUT2D eigenvalue weighted by Gasteiger charge is 2.51. The van der Waals surface area contributed by atoms with E-state index in [0.29, 0.717) is 6.54 Å².